The molecule has 0 nitrogen and oxygen atoms in total. The number of benzene rings is 2. The van der Waals surface area contributed by atoms with E-state index in [4.69, 9.17) is 0 Å². The van der Waals surface area contributed by atoms with E-state index in [0.717, 1.165) is 0 Å². The summed E-state index contributed by atoms with van der Waals surface area (Å²) in [5.41, 5.74) is 4.61. The number of rotatable bonds is 1. The van der Waals surface area contributed by atoms with Crippen LogP contribution in [0.1, 0.15) is 80.4 Å². The maximum absolute atomic E-state index is 3.43. The molecule has 0 aromatic heterocycles. The normalized spacial score (nSPS) is 16.1. The van der Waals surface area contributed by atoms with E-state index in [1.165, 1.54) is 41.5 Å². The van der Waals surface area contributed by atoms with E-state index >= 15 is 0 Å². The zero-order valence-corrected chi connectivity index (χ0v) is 28.7. The fourth-order valence-electron chi connectivity index (χ4n) is 4.60. The van der Waals surface area contributed by atoms with Crippen LogP contribution in [0, 0.1) is 12.0 Å². The van der Waals surface area contributed by atoms with Crippen molar-refractivity contribution in [3.8, 4) is 0 Å². The van der Waals surface area contributed by atoms with Crippen molar-refractivity contribution < 1.29 is 24.2 Å². The zero-order chi connectivity index (χ0) is 27.6. The predicted molar refractivity (Wildman–Crippen MR) is 164 cm³/mol. The van der Waals surface area contributed by atoms with Gasteiger partial charge in [0.1, 0.15) is 0 Å². The molecule has 192 valence electrons. The third kappa shape index (κ3) is 8.39. The summed E-state index contributed by atoms with van der Waals surface area (Å²) < 4.78 is 1.51. The Hall–Kier alpha value is -1.24. The summed E-state index contributed by atoms with van der Waals surface area (Å²) in [6, 6.07) is 16.2. The summed E-state index contributed by atoms with van der Waals surface area (Å²) >= 11 is 1.55. The second kappa shape index (κ2) is 11.7. The Labute approximate surface area is 238 Å². The molecule has 0 aliphatic heterocycles. The number of hydrogen-bond donors (Lipinski definition) is 0. The van der Waals surface area contributed by atoms with Gasteiger partial charge >= 0.3 is 41.3 Å². The van der Waals surface area contributed by atoms with Crippen LogP contribution in [0.4, 0.5) is 0 Å². The first-order valence-electron chi connectivity index (χ1n) is 13.3. The SMILES string of the molecule is CC(C)(C)c1ccc2c(c1)[cH-]c1cc(C(C)(C)C)ccc12.CC1=[C-]C(C)C=C1[Si](C)(C)C.C[C](C)=[Zr+2]. The maximum atomic E-state index is 3.43. The van der Waals surface area contributed by atoms with Crippen LogP contribution in [0.2, 0.25) is 19.6 Å². The molecule has 4 rings (SSSR count). The molecule has 0 fully saturated rings. The summed E-state index contributed by atoms with van der Waals surface area (Å²) in [6.45, 7) is 29.4. The van der Waals surface area contributed by atoms with Crippen molar-refractivity contribution in [2.45, 2.75) is 99.7 Å². The van der Waals surface area contributed by atoms with Gasteiger partial charge < -0.3 is 0 Å². The number of allylic oxidation sites excluding steroid dienone is 4. The predicted octanol–water partition coefficient (Wildman–Crippen LogP) is 10.2. The van der Waals surface area contributed by atoms with E-state index in [-0.39, 0.29) is 10.8 Å². The first-order chi connectivity index (χ1) is 16.3. The summed E-state index contributed by atoms with van der Waals surface area (Å²) in [5.74, 6) is 0.553. The average molecular weight is 576 g/mol. The van der Waals surface area contributed by atoms with E-state index in [1.54, 1.807) is 29.4 Å². The molecule has 1 unspecified atom stereocenters. The Morgan fingerprint density at radius 3 is 1.47 bits per heavy atom. The van der Waals surface area contributed by atoms with Crippen molar-refractivity contribution in [2.24, 2.45) is 5.92 Å². The van der Waals surface area contributed by atoms with Gasteiger partial charge in [-0.3, -0.25) is 6.08 Å². The first kappa shape index (κ1) is 31.0. The average Bonchev–Trinajstić information content (AvgIpc) is 3.24. The number of fused-ring (bicyclic) bond motifs is 3. The third-order valence-electron chi connectivity index (χ3n) is 6.51. The van der Waals surface area contributed by atoms with E-state index < -0.39 is 8.07 Å². The van der Waals surface area contributed by atoms with Gasteiger partial charge in [-0.1, -0.05) is 116 Å². The summed E-state index contributed by atoms with van der Waals surface area (Å²) in [7, 11) is -1.07. The monoisotopic (exact) mass is 574 g/mol. The van der Waals surface area contributed by atoms with Gasteiger partial charge in [-0.2, -0.15) is 6.08 Å². The molecular weight excluding hydrogens is 528 g/mol. The topological polar surface area (TPSA) is 0 Å². The number of hydrogen-bond acceptors (Lipinski definition) is 0. The van der Waals surface area contributed by atoms with Crippen molar-refractivity contribution in [1.29, 1.82) is 0 Å². The molecule has 3 aromatic rings. The minimum atomic E-state index is -1.07. The molecule has 1 aliphatic rings. The van der Waals surface area contributed by atoms with Crippen molar-refractivity contribution in [1.82, 2.24) is 0 Å². The van der Waals surface area contributed by atoms with Crippen LogP contribution in [0.5, 0.6) is 0 Å². The molecular formula is C34H48SiZr. The molecule has 0 saturated heterocycles. The fraction of sp³-hybridized carbons (Fsp3) is 0.471. The molecule has 2 heteroatoms. The first-order valence-corrected chi connectivity index (χ1v) is 18.0. The molecule has 0 heterocycles. The molecule has 0 saturated carbocycles. The molecule has 3 aromatic carbocycles. The van der Waals surface area contributed by atoms with E-state index in [2.05, 4.69) is 143 Å². The third-order valence-corrected chi connectivity index (χ3v) is 8.67. The van der Waals surface area contributed by atoms with Gasteiger partial charge in [0.2, 0.25) is 0 Å². The van der Waals surface area contributed by atoms with Crippen LogP contribution in [0.3, 0.4) is 0 Å². The van der Waals surface area contributed by atoms with Crippen LogP contribution in [-0.2, 0) is 35.1 Å². The Morgan fingerprint density at radius 1 is 0.833 bits per heavy atom. The Kier molecular flexibility index (Phi) is 10.0. The van der Waals surface area contributed by atoms with Gasteiger partial charge in [0.05, 0.1) is 0 Å². The molecule has 36 heavy (non-hydrogen) atoms. The molecule has 0 amide bonds. The molecule has 1 atom stereocenters. The molecule has 0 radical (unpaired) electrons. The van der Waals surface area contributed by atoms with Crippen LogP contribution in [0.25, 0.3) is 21.5 Å². The van der Waals surface area contributed by atoms with E-state index in [1.807, 2.05) is 0 Å². The van der Waals surface area contributed by atoms with Gasteiger partial charge in [-0.25, -0.2) is 10.8 Å². The van der Waals surface area contributed by atoms with E-state index in [0.29, 0.717) is 5.92 Å². The van der Waals surface area contributed by atoms with Crippen molar-refractivity contribution in [3.63, 3.8) is 0 Å². The summed E-state index contributed by atoms with van der Waals surface area (Å²) in [4.78, 5) is 0. The second-order valence-electron chi connectivity index (χ2n) is 13.6. The standard InChI is InChI=1S/C21H25.C10H17Si.C3H6.Zr/c1-20(2,3)16-7-9-18-14(12-16)11-15-13-17(21(4,5)6)8-10-19(15)18;1-8-6-9(2)10(7-8)11(3,4)5;1-3-2;/h7-13H,1-6H3;7-8H,1-5H3;1-2H3;/q2*-1;;+2. The van der Waals surface area contributed by atoms with Crippen LogP contribution in [0.15, 0.2) is 59.3 Å². The minimum absolute atomic E-state index is 0.203. The van der Waals surface area contributed by atoms with Crippen LogP contribution < -0.4 is 0 Å². The van der Waals surface area contributed by atoms with Crippen molar-refractivity contribution in [3.05, 3.63) is 76.5 Å². The van der Waals surface area contributed by atoms with Gasteiger partial charge in [-0.05, 0) is 18.9 Å². The van der Waals surface area contributed by atoms with Gasteiger partial charge in [0.15, 0.2) is 0 Å². The van der Waals surface area contributed by atoms with Crippen molar-refractivity contribution >= 4 is 32.8 Å². The van der Waals surface area contributed by atoms with E-state index in [9.17, 15) is 0 Å². The van der Waals surface area contributed by atoms with Gasteiger partial charge in [-0.15, -0.1) is 39.7 Å². The molecule has 0 bridgehead atoms. The van der Waals surface area contributed by atoms with Crippen LogP contribution >= 0.6 is 0 Å². The Balaban J connectivity index is 0.000000255. The zero-order valence-electron chi connectivity index (χ0n) is 25.2. The van der Waals surface area contributed by atoms with Gasteiger partial charge in [0, 0.05) is 0 Å². The Bertz CT molecular complexity index is 1200. The van der Waals surface area contributed by atoms with Crippen LogP contribution in [-0.4, -0.2) is 11.3 Å². The fourth-order valence-corrected chi connectivity index (χ4v) is 6.55. The summed E-state index contributed by atoms with van der Waals surface area (Å²) in [5, 5.41) is 7.08. The quantitative estimate of drug-likeness (QED) is 0.200. The van der Waals surface area contributed by atoms with Gasteiger partial charge in [0.25, 0.3) is 0 Å². The molecule has 0 spiro atoms. The molecule has 1 aliphatic carbocycles. The molecule has 0 N–H and O–H groups in total. The Morgan fingerprint density at radius 2 is 1.22 bits per heavy atom. The summed E-state index contributed by atoms with van der Waals surface area (Å²) in [6.07, 6.45) is 5.81. The van der Waals surface area contributed by atoms with Crippen molar-refractivity contribution in [2.75, 3.05) is 0 Å². The second-order valence-corrected chi connectivity index (χ2v) is 21.1.